The Morgan fingerprint density at radius 1 is 1.28 bits per heavy atom. The summed E-state index contributed by atoms with van der Waals surface area (Å²) in [6.07, 6.45) is 1.37. The summed E-state index contributed by atoms with van der Waals surface area (Å²) < 4.78 is 0.401. The lowest BCUT2D eigenvalue weighted by Gasteiger charge is -2.09. The summed E-state index contributed by atoms with van der Waals surface area (Å²) in [5, 5.41) is 3.10. The lowest BCUT2D eigenvalue weighted by Crippen LogP contribution is -2.10. The minimum absolute atomic E-state index is 0.202. The molecule has 1 heterocycles. The second-order valence-electron chi connectivity index (χ2n) is 4.30. The van der Waals surface area contributed by atoms with Crippen molar-refractivity contribution in [1.29, 1.82) is 0 Å². The number of H-pyrrole nitrogens is 1. The molecule has 0 aliphatic heterocycles. The zero-order valence-corrected chi connectivity index (χ0v) is 11.8. The molecular weight excluding hydrogens is 294 g/mol. The van der Waals surface area contributed by atoms with Crippen LogP contribution in [0.5, 0.6) is 0 Å². The van der Waals surface area contributed by atoms with E-state index in [0.717, 1.165) is 5.69 Å². The molecule has 0 saturated heterocycles. The van der Waals surface area contributed by atoms with Crippen LogP contribution >= 0.6 is 15.9 Å². The predicted molar refractivity (Wildman–Crippen MR) is 76.4 cm³/mol. The third-order valence-corrected chi connectivity index (χ3v) is 3.37. The van der Waals surface area contributed by atoms with E-state index in [0.29, 0.717) is 16.2 Å². The number of nitrogens with zero attached hydrogens (tertiary/aromatic N) is 1. The van der Waals surface area contributed by atoms with Gasteiger partial charge in [0.05, 0.1) is 6.33 Å². The standard InChI is InChI=1S/C13H14BrN3O/c1-8(2)9-3-5-10(6-4-9)17-12-11(14)13(18)16-7-15-12/h3-8H,1-2H3,(H2,15,16,17,18). The Labute approximate surface area is 114 Å². The molecule has 0 aliphatic carbocycles. The van der Waals surface area contributed by atoms with Crippen molar-refractivity contribution in [2.45, 2.75) is 19.8 Å². The van der Waals surface area contributed by atoms with Crippen LogP contribution in [0.15, 0.2) is 39.9 Å². The van der Waals surface area contributed by atoms with Crippen LogP contribution < -0.4 is 10.9 Å². The number of rotatable bonds is 3. The number of anilines is 2. The summed E-state index contributed by atoms with van der Waals surface area (Å²) in [5.41, 5.74) is 1.97. The average Bonchev–Trinajstić information content (AvgIpc) is 2.36. The van der Waals surface area contributed by atoms with E-state index in [4.69, 9.17) is 0 Å². The van der Waals surface area contributed by atoms with Gasteiger partial charge in [0, 0.05) is 5.69 Å². The van der Waals surface area contributed by atoms with Gasteiger partial charge in [-0.05, 0) is 39.5 Å². The van der Waals surface area contributed by atoms with Crippen molar-refractivity contribution < 1.29 is 0 Å². The van der Waals surface area contributed by atoms with Crippen LogP contribution in [0.2, 0.25) is 0 Å². The van der Waals surface area contributed by atoms with Gasteiger partial charge in [-0.3, -0.25) is 4.79 Å². The second-order valence-corrected chi connectivity index (χ2v) is 5.09. The molecule has 0 bridgehead atoms. The Morgan fingerprint density at radius 3 is 2.56 bits per heavy atom. The molecule has 0 saturated carbocycles. The van der Waals surface area contributed by atoms with Gasteiger partial charge in [-0.2, -0.15) is 0 Å². The summed E-state index contributed by atoms with van der Waals surface area (Å²) in [5.74, 6) is 1.01. The molecule has 0 fully saturated rings. The first kappa shape index (κ1) is 12.8. The van der Waals surface area contributed by atoms with E-state index in [1.807, 2.05) is 12.1 Å². The molecule has 2 rings (SSSR count). The van der Waals surface area contributed by atoms with Crippen molar-refractivity contribution in [2.24, 2.45) is 0 Å². The first-order valence-corrected chi connectivity index (χ1v) is 6.47. The molecule has 1 aromatic carbocycles. The molecule has 1 aromatic heterocycles. The highest BCUT2D eigenvalue weighted by molar-refractivity contribution is 9.10. The largest absolute Gasteiger partial charge is 0.339 e. The van der Waals surface area contributed by atoms with Gasteiger partial charge in [0.1, 0.15) is 4.47 Å². The molecule has 0 aliphatic rings. The number of aromatic amines is 1. The molecule has 5 heteroatoms. The molecule has 0 unspecified atom stereocenters. The molecule has 0 amide bonds. The number of nitrogens with one attached hydrogen (secondary N) is 2. The fourth-order valence-corrected chi connectivity index (χ4v) is 1.87. The third kappa shape index (κ3) is 2.79. The Balaban J connectivity index is 2.24. The van der Waals surface area contributed by atoms with Gasteiger partial charge in [-0.25, -0.2) is 4.98 Å². The molecule has 18 heavy (non-hydrogen) atoms. The van der Waals surface area contributed by atoms with Crippen LogP contribution in [0.4, 0.5) is 11.5 Å². The van der Waals surface area contributed by atoms with Crippen LogP contribution in [0, 0.1) is 0 Å². The second kappa shape index (κ2) is 5.35. The Bertz CT molecular complexity index is 590. The molecule has 2 N–H and O–H groups in total. The van der Waals surface area contributed by atoms with Crippen molar-refractivity contribution in [3.8, 4) is 0 Å². The Hall–Kier alpha value is -1.62. The van der Waals surface area contributed by atoms with Gasteiger partial charge >= 0.3 is 0 Å². The van der Waals surface area contributed by atoms with E-state index in [2.05, 4.69) is 57.2 Å². The number of halogens is 1. The fourth-order valence-electron chi connectivity index (χ4n) is 1.56. The topological polar surface area (TPSA) is 57.8 Å². The maximum absolute atomic E-state index is 11.4. The maximum Gasteiger partial charge on any atom is 0.267 e. The summed E-state index contributed by atoms with van der Waals surface area (Å²) in [4.78, 5) is 18.0. The highest BCUT2D eigenvalue weighted by Crippen LogP contribution is 2.22. The van der Waals surface area contributed by atoms with Crippen molar-refractivity contribution in [1.82, 2.24) is 9.97 Å². The minimum atomic E-state index is -0.202. The van der Waals surface area contributed by atoms with Gasteiger partial charge in [0.2, 0.25) is 0 Å². The molecule has 0 spiro atoms. The number of hydrogen-bond acceptors (Lipinski definition) is 3. The SMILES string of the molecule is CC(C)c1ccc(Nc2nc[nH]c(=O)c2Br)cc1. The average molecular weight is 308 g/mol. The van der Waals surface area contributed by atoms with Crippen LogP contribution in [0.25, 0.3) is 0 Å². The molecule has 0 radical (unpaired) electrons. The fraction of sp³-hybridized carbons (Fsp3) is 0.231. The van der Waals surface area contributed by atoms with Crippen molar-refractivity contribution in [2.75, 3.05) is 5.32 Å². The first-order valence-electron chi connectivity index (χ1n) is 5.68. The zero-order chi connectivity index (χ0) is 13.1. The van der Waals surface area contributed by atoms with Crippen LogP contribution in [-0.2, 0) is 0 Å². The third-order valence-electron chi connectivity index (χ3n) is 2.64. The van der Waals surface area contributed by atoms with E-state index in [9.17, 15) is 4.79 Å². The highest BCUT2D eigenvalue weighted by atomic mass is 79.9. The monoisotopic (exact) mass is 307 g/mol. The zero-order valence-electron chi connectivity index (χ0n) is 10.2. The summed E-state index contributed by atoms with van der Waals surface area (Å²) >= 11 is 3.21. The highest BCUT2D eigenvalue weighted by Gasteiger charge is 2.05. The maximum atomic E-state index is 11.4. The van der Waals surface area contributed by atoms with Crippen LogP contribution in [-0.4, -0.2) is 9.97 Å². The molecular formula is C13H14BrN3O. The summed E-state index contributed by atoms with van der Waals surface area (Å²) in [6.45, 7) is 4.30. The minimum Gasteiger partial charge on any atom is -0.339 e. The van der Waals surface area contributed by atoms with Gasteiger partial charge in [-0.15, -0.1) is 0 Å². The smallest absolute Gasteiger partial charge is 0.267 e. The first-order chi connectivity index (χ1) is 8.58. The summed E-state index contributed by atoms with van der Waals surface area (Å²) in [6, 6.07) is 8.08. The number of aromatic nitrogens is 2. The molecule has 0 atom stereocenters. The van der Waals surface area contributed by atoms with E-state index >= 15 is 0 Å². The number of benzene rings is 1. The van der Waals surface area contributed by atoms with Crippen molar-refractivity contribution in [3.05, 3.63) is 51.0 Å². The Kier molecular flexibility index (Phi) is 3.81. The van der Waals surface area contributed by atoms with E-state index < -0.39 is 0 Å². The lowest BCUT2D eigenvalue weighted by atomic mass is 10.0. The van der Waals surface area contributed by atoms with Gasteiger partial charge in [-0.1, -0.05) is 26.0 Å². The Morgan fingerprint density at radius 2 is 1.94 bits per heavy atom. The van der Waals surface area contributed by atoms with Crippen LogP contribution in [0.1, 0.15) is 25.3 Å². The predicted octanol–water partition coefficient (Wildman–Crippen LogP) is 3.40. The van der Waals surface area contributed by atoms with Crippen LogP contribution in [0.3, 0.4) is 0 Å². The number of hydrogen-bond donors (Lipinski definition) is 2. The normalized spacial score (nSPS) is 10.7. The van der Waals surface area contributed by atoms with E-state index in [1.165, 1.54) is 11.9 Å². The van der Waals surface area contributed by atoms with Crippen molar-refractivity contribution >= 4 is 27.4 Å². The van der Waals surface area contributed by atoms with E-state index in [1.54, 1.807) is 0 Å². The van der Waals surface area contributed by atoms with Gasteiger partial charge in [0.25, 0.3) is 5.56 Å². The lowest BCUT2D eigenvalue weighted by molar-refractivity contribution is 0.867. The molecule has 94 valence electrons. The quantitative estimate of drug-likeness (QED) is 0.913. The molecule has 4 nitrogen and oxygen atoms in total. The van der Waals surface area contributed by atoms with Gasteiger partial charge in [0.15, 0.2) is 5.82 Å². The molecule has 2 aromatic rings. The van der Waals surface area contributed by atoms with Gasteiger partial charge < -0.3 is 10.3 Å². The summed E-state index contributed by atoms with van der Waals surface area (Å²) in [7, 11) is 0. The van der Waals surface area contributed by atoms with Crippen molar-refractivity contribution in [3.63, 3.8) is 0 Å². The van der Waals surface area contributed by atoms with E-state index in [-0.39, 0.29) is 5.56 Å².